The number of nitrogens with one attached hydrogen (secondary N) is 1. The Kier molecular flexibility index (Phi) is 6.17. The lowest BCUT2D eigenvalue weighted by molar-refractivity contribution is -0.137. The topological polar surface area (TPSA) is 38.3 Å². The van der Waals surface area contributed by atoms with Crippen molar-refractivity contribution < 1.29 is 22.7 Å². The molecule has 1 N–H and O–H groups in total. The molecule has 0 radical (unpaired) electrons. The summed E-state index contributed by atoms with van der Waals surface area (Å²) in [5.74, 6) is -0.382. The standard InChI is InChI=1S/C15H9Br2ClF3NO2/c16-8-4-5-12(10(17)6-8)24-7-13(23)22-14-9(15(19,20)21)2-1-3-11(14)18/h1-6H,7H2,(H,22,23). The Balaban J connectivity index is 2.10. The lowest BCUT2D eigenvalue weighted by Gasteiger charge is -2.15. The number of alkyl halides is 3. The molecule has 24 heavy (non-hydrogen) atoms. The SMILES string of the molecule is O=C(COc1ccc(Br)cc1Br)Nc1c(Cl)cccc1C(F)(F)F. The summed E-state index contributed by atoms with van der Waals surface area (Å²) >= 11 is 12.3. The van der Waals surface area contributed by atoms with E-state index >= 15 is 0 Å². The molecule has 0 saturated carbocycles. The Morgan fingerprint density at radius 1 is 1.21 bits per heavy atom. The highest BCUT2D eigenvalue weighted by Gasteiger charge is 2.34. The van der Waals surface area contributed by atoms with Crippen LogP contribution in [0.3, 0.4) is 0 Å². The molecule has 1 amide bonds. The van der Waals surface area contributed by atoms with Crippen LogP contribution in [0.15, 0.2) is 45.3 Å². The van der Waals surface area contributed by atoms with Crippen LogP contribution >= 0.6 is 43.5 Å². The van der Waals surface area contributed by atoms with Gasteiger partial charge in [0, 0.05) is 4.47 Å². The summed E-state index contributed by atoms with van der Waals surface area (Å²) in [5.41, 5.74) is -1.51. The zero-order valence-electron chi connectivity index (χ0n) is 11.8. The third-order valence-corrected chi connectivity index (χ3v) is 4.26. The van der Waals surface area contributed by atoms with Crippen LogP contribution in [0.25, 0.3) is 0 Å². The fraction of sp³-hybridized carbons (Fsp3) is 0.133. The van der Waals surface area contributed by atoms with E-state index in [9.17, 15) is 18.0 Å². The number of para-hydroxylation sites is 1. The number of anilines is 1. The van der Waals surface area contributed by atoms with Gasteiger partial charge in [-0.25, -0.2) is 0 Å². The van der Waals surface area contributed by atoms with Gasteiger partial charge < -0.3 is 10.1 Å². The summed E-state index contributed by atoms with van der Waals surface area (Å²) in [6.45, 7) is -0.469. The molecule has 0 aliphatic heterocycles. The van der Waals surface area contributed by atoms with Gasteiger partial charge in [-0.3, -0.25) is 4.79 Å². The van der Waals surface area contributed by atoms with E-state index < -0.39 is 29.9 Å². The van der Waals surface area contributed by atoms with Crippen molar-refractivity contribution in [1.82, 2.24) is 0 Å². The normalized spacial score (nSPS) is 11.2. The minimum absolute atomic E-state index is 0.206. The van der Waals surface area contributed by atoms with Crippen molar-refractivity contribution in [2.75, 3.05) is 11.9 Å². The summed E-state index contributed by atoms with van der Waals surface area (Å²) in [5, 5.41) is 1.94. The van der Waals surface area contributed by atoms with Crippen molar-refractivity contribution in [2.45, 2.75) is 6.18 Å². The van der Waals surface area contributed by atoms with Crippen LogP contribution in [0.1, 0.15) is 5.56 Å². The quantitative estimate of drug-likeness (QED) is 0.583. The van der Waals surface area contributed by atoms with E-state index in [2.05, 4.69) is 37.2 Å². The smallest absolute Gasteiger partial charge is 0.418 e. The maximum absolute atomic E-state index is 13.0. The first kappa shape index (κ1) is 19.1. The molecule has 2 rings (SSSR count). The first-order valence-electron chi connectivity index (χ1n) is 6.42. The molecule has 0 saturated heterocycles. The minimum Gasteiger partial charge on any atom is -0.483 e. The van der Waals surface area contributed by atoms with Crippen LogP contribution in [0, 0.1) is 0 Å². The molecule has 128 valence electrons. The molecule has 3 nitrogen and oxygen atoms in total. The molecule has 0 aromatic heterocycles. The van der Waals surface area contributed by atoms with E-state index in [0.717, 1.165) is 16.6 Å². The fourth-order valence-corrected chi connectivity index (χ4v) is 3.18. The van der Waals surface area contributed by atoms with Crippen LogP contribution in [0.5, 0.6) is 5.75 Å². The second-order valence-electron chi connectivity index (χ2n) is 4.57. The Labute approximate surface area is 157 Å². The number of carbonyl (C=O) groups excluding carboxylic acids is 1. The maximum Gasteiger partial charge on any atom is 0.418 e. The average Bonchev–Trinajstić information content (AvgIpc) is 2.47. The van der Waals surface area contributed by atoms with Gasteiger partial charge in [0.25, 0.3) is 5.91 Å². The maximum atomic E-state index is 13.0. The largest absolute Gasteiger partial charge is 0.483 e. The predicted molar refractivity (Wildman–Crippen MR) is 92.4 cm³/mol. The van der Waals surface area contributed by atoms with Crippen molar-refractivity contribution >= 4 is 55.1 Å². The van der Waals surface area contributed by atoms with Crippen LogP contribution in [-0.4, -0.2) is 12.5 Å². The molecular weight excluding hydrogens is 478 g/mol. The first-order valence-corrected chi connectivity index (χ1v) is 8.38. The number of amides is 1. The predicted octanol–water partition coefficient (Wildman–Crippen LogP) is 5.90. The van der Waals surface area contributed by atoms with E-state index in [4.69, 9.17) is 16.3 Å². The number of benzene rings is 2. The van der Waals surface area contributed by atoms with Gasteiger partial charge in [-0.1, -0.05) is 33.6 Å². The highest BCUT2D eigenvalue weighted by molar-refractivity contribution is 9.11. The third-order valence-electron chi connectivity index (χ3n) is 2.84. The average molecular weight is 487 g/mol. The van der Waals surface area contributed by atoms with Crippen LogP contribution < -0.4 is 10.1 Å². The molecular formula is C15H9Br2ClF3NO2. The van der Waals surface area contributed by atoms with Gasteiger partial charge in [0.15, 0.2) is 6.61 Å². The molecule has 2 aromatic carbocycles. The summed E-state index contributed by atoms with van der Waals surface area (Å²) < 4.78 is 45.6. The summed E-state index contributed by atoms with van der Waals surface area (Å²) in [7, 11) is 0. The van der Waals surface area contributed by atoms with Crippen molar-refractivity contribution in [3.63, 3.8) is 0 Å². The number of halogens is 6. The van der Waals surface area contributed by atoms with E-state index in [1.54, 1.807) is 18.2 Å². The van der Waals surface area contributed by atoms with Crippen molar-refractivity contribution in [2.24, 2.45) is 0 Å². The molecule has 0 aliphatic carbocycles. The Morgan fingerprint density at radius 3 is 2.54 bits per heavy atom. The summed E-state index contributed by atoms with van der Waals surface area (Å²) in [6.07, 6.45) is -4.64. The zero-order valence-corrected chi connectivity index (χ0v) is 15.7. The van der Waals surface area contributed by atoms with Gasteiger partial charge in [-0.15, -0.1) is 0 Å². The van der Waals surface area contributed by atoms with Gasteiger partial charge in [0.05, 0.1) is 20.7 Å². The lowest BCUT2D eigenvalue weighted by Crippen LogP contribution is -2.22. The molecule has 2 aromatic rings. The van der Waals surface area contributed by atoms with E-state index in [0.29, 0.717) is 10.2 Å². The second-order valence-corrected chi connectivity index (χ2v) is 6.75. The monoisotopic (exact) mass is 485 g/mol. The molecule has 0 heterocycles. The molecule has 0 atom stereocenters. The second kappa shape index (κ2) is 7.76. The number of hydrogen-bond donors (Lipinski definition) is 1. The van der Waals surface area contributed by atoms with Gasteiger partial charge in [0.2, 0.25) is 0 Å². The van der Waals surface area contributed by atoms with E-state index in [-0.39, 0.29) is 5.02 Å². The Hall–Kier alpha value is -1.25. The molecule has 0 bridgehead atoms. The van der Waals surface area contributed by atoms with Crippen molar-refractivity contribution in [1.29, 1.82) is 0 Å². The van der Waals surface area contributed by atoms with E-state index in [1.807, 2.05) is 0 Å². The van der Waals surface area contributed by atoms with Gasteiger partial charge in [-0.2, -0.15) is 13.2 Å². The first-order chi connectivity index (χ1) is 11.2. The fourth-order valence-electron chi connectivity index (χ4n) is 1.80. The number of hydrogen-bond acceptors (Lipinski definition) is 2. The van der Waals surface area contributed by atoms with Crippen LogP contribution in [0.4, 0.5) is 18.9 Å². The zero-order chi connectivity index (χ0) is 17.9. The molecule has 0 aliphatic rings. The summed E-state index contributed by atoms with van der Waals surface area (Å²) in [4.78, 5) is 11.9. The molecule has 9 heteroatoms. The molecule has 0 unspecified atom stereocenters. The van der Waals surface area contributed by atoms with Crippen LogP contribution in [0.2, 0.25) is 5.02 Å². The van der Waals surface area contributed by atoms with Gasteiger partial charge in [-0.05, 0) is 46.3 Å². The van der Waals surface area contributed by atoms with Gasteiger partial charge in [0.1, 0.15) is 5.75 Å². The van der Waals surface area contributed by atoms with Crippen LogP contribution in [-0.2, 0) is 11.0 Å². The van der Waals surface area contributed by atoms with Crippen molar-refractivity contribution in [3.05, 3.63) is 55.9 Å². The molecule has 0 fully saturated rings. The minimum atomic E-state index is -4.64. The highest BCUT2D eigenvalue weighted by atomic mass is 79.9. The Morgan fingerprint density at radius 2 is 1.92 bits per heavy atom. The van der Waals surface area contributed by atoms with Crippen molar-refractivity contribution in [3.8, 4) is 5.75 Å². The Bertz CT molecular complexity index is 769. The number of ether oxygens (including phenoxy) is 1. The van der Waals surface area contributed by atoms with E-state index in [1.165, 1.54) is 6.07 Å². The highest BCUT2D eigenvalue weighted by Crippen LogP contribution is 2.38. The number of carbonyl (C=O) groups is 1. The molecule has 0 spiro atoms. The summed E-state index contributed by atoms with van der Waals surface area (Å²) in [6, 6.07) is 8.29. The van der Waals surface area contributed by atoms with Gasteiger partial charge >= 0.3 is 6.18 Å². The third kappa shape index (κ3) is 4.87. The lowest BCUT2D eigenvalue weighted by atomic mass is 10.1. The number of rotatable bonds is 4.